The van der Waals surface area contributed by atoms with Crippen LogP contribution in [0.1, 0.15) is 54.4 Å². The van der Waals surface area contributed by atoms with Gasteiger partial charge in [-0.25, -0.2) is 0 Å². The van der Waals surface area contributed by atoms with Crippen LogP contribution in [0.4, 0.5) is 0 Å². The monoisotopic (exact) mass is 387 g/mol. The molecule has 0 unspecified atom stereocenters. The van der Waals surface area contributed by atoms with E-state index in [-0.39, 0.29) is 5.91 Å². The normalized spacial score (nSPS) is 19.3. The van der Waals surface area contributed by atoms with Gasteiger partial charge in [-0.1, -0.05) is 62.2 Å². The zero-order valence-electron chi connectivity index (χ0n) is 17.1. The van der Waals surface area contributed by atoms with E-state index in [0.717, 1.165) is 36.4 Å². The van der Waals surface area contributed by atoms with Crippen molar-refractivity contribution in [2.75, 3.05) is 13.1 Å². The summed E-state index contributed by atoms with van der Waals surface area (Å²) in [6, 6.07) is 22.4. The molecule has 0 spiro atoms. The lowest BCUT2D eigenvalue weighted by molar-refractivity contribution is 0.0639. The molecule has 1 fully saturated rings. The van der Waals surface area contributed by atoms with E-state index in [0.29, 0.717) is 11.8 Å². The molecule has 3 nitrogen and oxygen atoms in total. The van der Waals surface area contributed by atoms with E-state index < -0.39 is 0 Å². The van der Waals surface area contributed by atoms with Gasteiger partial charge in [0.25, 0.3) is 5.91 Å². The summed E-state index contributed by atoms with van der Waals surface area (Å²) >= 11 is 0. The van der Waals surface area contributed by atoms with Crippen molar-refractivity contribution >= 4 is 5.91 Å². The van der Waals surface area contributed by atoms with Crippen molar-refractivity contribution in [3.8, 4) is 11.3 Å². The Kier molecular flexibility index (Phi) is 6.14. The molecule has 0 radical (unpaired) electrons. The second-order valence-corrected chi connectivity index (χ2v) is 8.02. The van der Waals surface area contributed by atoms with Crippen LogP contribution in [-0.4, -0.2) is 23.9 Å². The van der Waals surface area contributed by atoms with E-state index in [1.54, 1.807) is 6.26 Å². The number of piperidine rings is 1. The van der Waals surface area contributed by atoms with Gasteiger partial charge < -0.3 is 9.32 Å². The second kappa shape index (κ2) is 9.13. The lowest BCUT2D eigenvalue weighted by Crippen LogP contribution is -2.43. The van der Waals surface area contributed by atoms with Crippen LogP contribution in [0.5, 0.6) is 0 Å². The maximum absolute atomic E-state index is 13.3. The molecule has 1 aromatic heterocycles. The summed E-state index contributed by atoms with van der Waals surface area (Å²) in [6.45, 7) is 3.89. The van der Waals surface area contributed by atoms with Crippen LogP contribution in [0.3, 0.4) is 0 Å². The number of hydrogen-bond acceptors (Lipinski definition) is 2. The van der Waals surface area contributed by atoms with E-state index in [9.17, 15) is 4.79 Å². The minimum absolute atomic E-state index is 0.131. The molecule has 3 aromatic rings. The number of rotatable bonds is 6. The molecule has 1 aliphatic rings. The zero-order valence-corrected chi connectivity index (χ0v) is 17.1. The number of amides is 1. The lowest BCUT2D eigenvalue weighted by atomic mass is 9.78. The van der Waals surface area contributed by atoms with Gasteiger partial charge >= 0.3 is 0 Å². The predicted octanol–water partition coefficient (Wildman–Crippen LogP) is 6.38. The number of carbonyl (C=O) groups excluding carboxylic acids is 1. The summed E-state index contributed by atoms with van der Waals surface area (Å²) in [5.41, 5.74) is 3.11. The first-order valence-corrected chi connectivity index (χ1v) is 10.7. The van der Waals surface area contributed by atoms with E-state index in [1.807, 2.05) is 36.4 Å². The molecule has 4 rings (SSSR count). The molecule has 0 aliphatic carbocycles. The van der Waals surface area contributed by atoms with Crippen molar-refractivity contribution in [2.45, 2.75) is 38.5 Å². The van der Waals surface area contributed by atoms with Crippen LogP contribution in [-0.2, 0) is 0 Å². The summed E-state index contributed by atoms with van der Waals surface area (Å²) in [4.78, 5) is 15.3. The number of hydrogen-bond donors (Lipinski definition) is 0. The topological polar surface area (TPSA) is 33.5 Å². The number of carbonyl (C=O) groups is 1. The molecule has 150 valence electrons. The Bertz CT molecular complexity index is 917. The Morgan fingerprint density at radius 3 is 2.69 bits per heavy atom. The quantitative estimate of drug-likeness (QED) is 0.491. The van der Waals surface area contributed by atoms with Crippen molar-refractivity contribution in [2.24, 2.45) is 5.92 Å². The van der Waals surface area contributed by atoms with Gasteiger partial charge in [-0.05, 0) is 54.5 Å². The number of benzene rings is 2. The third-order valence-corrected chi connectivity index (χ3v) is 6.09. The first kappa shape index (κ1) is 19.5. The van der Waals surface area contributed by atoms with Crippen LogP contribution in [0.25, 0.3) is 11.3 Å². The number of nitrogens with zero attached hydrogens (tertiary/aromatic N) is 1. The Labute approximate surface area is 173 Å². The molecule has 3 heteroatoms. The molecule has 1 aliphatic heterocycles. The fraction of sp³-hybridized carbons (Fsp3) is 0.346. The smallest absolute Gasteiger partial charge is 0.253 e. The molecule has 2 atom stereocenters. The summed E-state index contributed by atoms with van der Waals surface area (Å²) in [5, 5.41) is 0. The standard InChI is InChI=1S/C26H29NO2/c1-2-3-9-23-19-27(16-15-24(23)20-10-5-4-6-11-20)26(28)22-13-7-12-21(18-22)25-14-8-17-29-25/h4-8,10-14,17-18,23-24H,2-3,9,15-16,19H2,1H3/t23-,24+/m1/s1. The van der Waals surface area contributed by atoms with Gasteiger partial charge in [0.15, 0.2) is 0 Å². The Hall–Kier alpha value is -2.81. The van der Waals surface area contributed by atoms with E-state index in [4.69, 9.17) is 4.42 Å². The second-order valence-electron chi connectivity index (χ2n) is 8.02. The molecule has 2 heterocycles. The highest BCUT2D eigenvalue weighted by atomic mass is 16.3. The fourth-order valence-corrected chi connectivity index (χ4v) is 4.55. The van der Waals surface area contributed by atoms with Crippen molar-refractivity contribution < 1.29 is 9.21 Å². The van der Waals surface area contributed by atoms with Crippen LogP contribution in [0.2, 0.25) is 0 Å². The minimum Gasteiger partial charge on any atom is -0.464 e. The van der Waals surface area contributed by atoms with Gasteiger partial charge in [0, 0.05) is 24.2 Å². The van der Waals surface area contributed by atoms with Crippen LogP contribution in [0, 0.1) is 5.92 Å². The summed E-state index contributed by atoms with van der Waals surface area (Å²) in [5.74, 6) is 1.99. The number of furan rings is 1. The van der Waals surface area contributed by atoms with Crippen molar-refractivity contribution in [3.63, 3.8) is 0 Å². The van der Waals surface area contributed by atoms with Gasteiger partial charge in [0.2, 0.25) is 0 Å². The number of likely N-dealkylation sites (tertiary alicyclic amines) is 1. The van der Waals surface area contributed by atoms with E-state index in [1.165, 1.54) is 24.8 Å². The van der Waals surface area contributed by atoms with Gasteiger partial charge in [-0.2, -0.15) is 0 Å². The lowest BCUT2D eigenvalue weighted by Gasteiger charge is -2.39. The van der Waals surface area contributed by atoms with Crippen molar-refractivity contribution in [1.82, 2.24) is 4.90 Å². The maximum Gasteiger partial charge on any atom is 0.253 e. The minimum atomic E-state index is 0.131. The van der Waals surface area contributed by atoms with Crippen molar-refractivity contribution in [1.29, 1.82) is 0 Å². The summed E-state index contributed by atoms with van der Waals surface area (Å²) in [6.07, 6.45) is 6.27. The van der Waals surface area contributed by atoms with Gasteiger partial charge in [-0.3, -0.25) is 4.79 Å². The highest BCUT2D eigenvalue weighted by molar-refractivity contribution is 5.95. The molecular weight excluding hydrogens is 358 g/mol. The fourth-order valence-electron chi connectivity index (χ4n) is 4.55. The number of unbranched alkanes of at least 4 members (excludes halogenated alkanes) is 1. The van der Waals surface area contributed by atoms with Crippen LogP contribution >= 0.6 is 0 Å². The van der Waals surface area contributed by atoms with Gasteiger partial charge in [0.05, 0.1) is 6.26 Å². The first-order chi connectivity index (χ1) is 14.3. The van der Waals surface area contributed by atoms with Gasteiger partial charge in [0.1, 0.15) is 5.76 Å². The molecule has 1 amide bonds. The molecule has 0 saturated carbocycles. The Morgan fingerprint density at radius 1 is 1.07 bits per heavy atom. The predicted molar refractivity (Wildman–Crippen MR) is 117 cm³/mol. The highest BCUT2D eigenvalue weighted by Gasteiger charge is 2.32. The molecule has 0 bridgehead atoms. The molecule has 29 heavy (non-hydrogen) atoms. The maximum atomic E-state index is 13.3. The molecule has 2 aromatic carbocycles. The van der Waals surface area contributed by atoms with Crippen LogP contribution < -0.4 is 0 Å². The molecule has 0 N–H and O–H groups in total. The molecular formula is C26H29NO2. The average molecular weight is 388 g/mol. The van der Waals surface area contributed by atoms with Gasteiger partial charge in [-0.15, -0.1) is 0 Å². The third-order valence-electron chi connectivity index (χ3n) is 6.09. The third kappa shape index (κ3) is 4.45. The van der Waals surface area contributed by atoms with E-state index >= 15 is 0 Å². The largest absolute Gasteiger partial charge is 0.464 e. The van der Waals surface area contributed by atoms with Crippen molar-refractivity contribution in [3.05, 3.63) is 84.1 Å². The summed E-state index contributed by atoms with van der Waals surface area (Å²) in [7, 11) is 0. The highest BCUT2D eigenvalue weighted by Crippen LogP contribution is 2.36. The zero-order chi connectivity index (χ0) is 20.1. The molecule has 1 saturated heterocycles. The van der Waals surface area contributed by atoms with E-state index in [2.05, 4.69) is 42.2 Å². The van der Waals surface area contributed by atoms with Crippen LogP contribution in [0.15, 0.2) is 77.4 Å². The summed E-state index contributed by atoms with van der Waals surface area (Å²) < 4.78 is 5.50. The Balaban J connectivity index is 1.52. The first-order valence-electron chi connectivity index (χ1n) is 10.7. The average Bonchev–Trinajstić information content (AvgIpc) is 3.33. The SMILES string of the molecule is CCCC[C@@H]1CN(C(=O)c2cccc(-c3ccco3)c2)CC[C@H]1c1ccccc1. The Morgan fingerprint density at radius 2 is 1.93 bits per heavy atom.